The molecule has 1 fully saturated rings. The highest BCUT2D eigenvalue weighted by Gasteiger charge is 2.42. The van der Waals surface area contributed by atoms with Crippen LogP contribution >= 0.6 is 0 Å². The maximum atomic E-state index is 12.2. The van der Waals surface area contributed by atoms with Gasteiger partial charge in [0.25, 0.3) is 5.91 Å². The summed E-state index contributed by atoms with van der Waals surface area (Å²) < 4.78 is 4.73. The van der Waals surface area contributed by atoms with E-state index in [0.29, 0.717) is 5.56 Å². The van der Waals surface area contributed by atoms with Crippen molar-refractivity contribution in [3.8, 4) is 0 Å². The third-order valence-electron chi connectivity index (χ3n) is 3.62. The number of hydrogen-bond acceptors (Lipinski definition) is 3. The van der Waals surface area contributed by atoms with Crippen LogP contribution in [0.3, 0.4) is 0 Å². The molecule has 1 aliphatic rings. The third kappa shape index (κ3) is 3.70. The van der Waals surface area contributed by atoms with E-state index in [0.717, 1.165) is 12.8 Å². The number of piperidine rings is 1. The number of carbonyl (C=O) groups excluding carboxylic acids is 1. The standard InChI is InChI=1S/C15H22N2O3/c1-14(2)7-11(8-15(3,4)17-14)16-13(19)10-5-6-12(18)20-9-10/h5-6,9,11,17H,7-8H2,1-4H3,(H,16,19)/p+1. The van der Waals surface area contributed by atoms with E-state index in [9.17, 15) is 9.59 Å². The molecule has 2 rings (SSSR count). The first kappa shape index (κ1) is 14.8. The molecule has 1 amide bonds. The van der Waals surface area contributed by atoms with Gasteiger partial charge in [-0.25, -0.2) is 4.79 Å². The predicted molar refractivity (Wildman–Crippen MR) is 75.5 cm³/mol. The van der Waals surface area contributed by atoms with Crippen LogP contribution in [0.2, 0.25) is 0 Å². The zero-order valence-corrected chi connectivity index (χ0v) is 12.5. The Balaban J connectivity index is 2.07. The van der Waals surface area contributed by atoms with Crippen molar-refractivity contribution in [2.75, 3.05) is 0 Å². The number of nitrogens with two attached hydrogens (primary N) is 1. The van der Waals surface area contributed by atoms with Crippen LogP contribution in [0.1, 0.15) is 50.9 Å². The molecule has 0 spiro atoms. The molecule has 0 saturated carbocycles. The average Bonchev–Trinajstić information content (AvgIpc) is 2.25. The summed E-state index contributed by atoms with van der Waals surface area (Å²) in [5.41, 5.74) is 0.136. The lowest BCUT2D eigenvalue weighted by Gasteiger charge is -2.43. The Bertz CT molecular complexity index is 524. The van der Waals surface area contributed by atoms with E-state index >= 15 is 0 Å². The highest BCUT2D eigenvalue weighted by molar-refractivity contribution is 5.93. The van der Waals surface area contributed by atoms with Gasteiger partial charge in [0.15, 0.2) is 0 Å². The molecule has 0 aromatic carbocycles. The van der Waals surface area contributed by atoms with Crippen LogP contribution in [0.25, 0.3) is 0 Å². The van der Waals surface area contributed by atoms with Gasteiger partial charge in [-0.3, -0.25) is 4.79 Å². The molecule has 0 unspecified atom stereocenters. The van der Waals surface area contributed by atoms with Crippen molar-refractivity contribution >= 4 is 5.91 Å². The lowest BCUT2D eigenvalue weighted by molar-refractivity contribution is -0.787. The molecule has 110 valence electrons. The van der Waals surface area contributed by atoms with Crippen molar-refractivity contribution in [2.45, 2.75) is 57.7 Å². The summed E-state index contributed by atoms with van der Waals surface area (Å²) in [6.45, 7) is 8.76. The molecule has 20 heavy (non-hydrogen) atoms. The van der Waals surface area contributed by atoms with E-state index in [4.69, 9.17) is 4.42 Å². The molecule has 0 atom stereocenters. The molecule has 1 aliphatic heterocycles. The van der Waals surface area contributed by atoms with E-state index in [1.807, 2.05) is 0 Å². The molecule has 0 radical (unpaired) electrons. The Hall–Kier alpha value is -1.62. The van der Waals surface area contributed by atoms with Crippen LogP contribution in [0.4, 0.5) is 0 Å². The number of amides is 1. The quantitative estimate of drug-likeness (QED) is 0.834. The van der Waals surface area contributed by atoms with Crippen molar-refractivity contribution < 1.29 is 14.5 Å². The van der Waals surface area contributed by atoms with Crippen molar-refractivity contribution in [1.29, 1.82) is 0 Å². The fraction of sp³-hybridized carbons (Fsp3) is 0.600. The fourth-order valence-electron chi connectivity index (χ4n) is 3.38. The second-order valence-corrected chi connectivity index (χ2v) is 7.04. The third-order valence-corrected chi connectivity index (χ3v) is 3.62. The van der Waals surface area contributed by atoms with Crippen LogP contribution in [-0.2, 0) is 0 Å². The van der Waals surface area contributed by atoms with E-state index < -0.39 is 5.63 Å². The van der Waals surface area contributed by atoms with Crippen LogP contribution < -0.4 is 16.3 Å². The van der Waals surface area contributed by atoms with Crippen molar-refractivity contribution in [1.82, 2.24) is 5.32 Å². The second kappa shape index (κ2) is 5.05. The number of rotatable bonds is 2. The summed E-state index contributed by atoms with van der Waals surface area (Å²) in [6, 6.07) is 2.88. The first-order chi connectivity index (χ1) is 9.17. The second-order valence-electron chi connectivity index (χ2n) is 7.04. The van der Waals surface area contributed by atoms with Crippen LogP contribution in [0, 0.1) is 0 Å². The number of hydrogen-bond donors (Lipinski definition) is 2. The zero-order chi connectivity index (χ0) is 15.0. The average molecular weight is 279 g/mol. The molecular weight excluding hydrogens is 256 g/mol. The van der Waals surface area contributed by atoms with Crippen molar-refractivity contribution in [2.24, 2.45) is 0 Å². The Kier molecular flexibility index (Phi) is 3.73. The monoisotopic (exact) mass is 279 g/mol. The van der Waals surface area contributed by atoms with Gasteiger partial charge < -0.3 is 15.1 Å². The van der Waals surface area contributed by atoms with E-state index in [1.54, 1.807) is 0 Å². The fourth-order valence-corrected chi connectivity index (χ4v) is 3.38. The first-order valence-electron chi connectivity index (χ1n) is 6.94. The zero-order valence-electron chi connectivity index (χ0n) is 12.5. The molecule has 1 aromatic heterocycles. The maximum absolute atomic E-state index is 12.2. The predicted octanol–water partition coefficient (Wildman–Crippen LogP) is 0.653. The molecule has 5 nitrogen and oxygen atoms in total. The highest BCUT2D eigenvalue weighted by atomic mass is 16.4. The normalized spacial score (nSPS) is 21.4. The molecular formula is C15H23N2O3+. The van der Waals surface area contributed by atoms with E-state index in [2.05, 4.69) is 38.3 Å². The van der Waals surface area contributed by atoms with E-state index in [1.165, 1.54) is 18.4 Å². The van der Waals surface area contributed by atoms with Crippen LogP contribution in [0.5, 0.6) is 0 Å². The van der Waals surface area contributed by atoms with Crippen LogP contribution in [0.15, 0.2) is 27.6 Å². The van der Waals surface area contributed by atoms with Gasteiger partial charge in [0.1, 0.15) is 6.26 Å². The van der Waals surface area contributed by atoms with Gasteiger partial charge in [-0.2, -0.15) is 0 Å². The first-order valence-corrected chi connectivity index (χ1v) is 6.94. The largest absolute Gasteiger partial charge is 0.430 e. The summed E-state index contributed by atoms with van der Waals surface area (Å²) in [6.07, 6.45) is 3.04. The molecule has 2 heterocycles. The molecule has 1 aromatic rings. The lowest BCUT2D eigenvalue weighted by Crippen LogP contribution is -3.06. The molecule has 1 saturated heterocycles. The van der Waals surface area contributed by atoms with Gasteiger partial charge >= 0.3 is 5.63 Å². The minimum Gasteiger partial charge on any atom is -0.430 e. The SMILES string of the molecule is CC1(C)CC(NC(=O)c2ccc(=O)oc2)CC(C)(C)[NH2+]1. The highest BCUT2D eigenvalue weighted by Crippen LogP contribution is 2.22. The van der Waals surface area contributed by atoms with Gasteiger partial charge in [-0.15, -0.1) is 0 Å². The van der Waals surface area contributed by atoms with Gasteiger partial charge in [0, 0.05) is 24.9 Å². The Morgan fingerprint density at radius 1 is 1.25 bits per heavy atom. The topological polar surface area (TPSA) is 75.9 Å². The minimum atomic E-state index is -0.448. The van der Waals surface area contributed by atoms with Gasteiger partial charge in [0.05, 0.1) is 16.6 Å². The van der Waals surface area contributed by atoms with Crippen LogP contribution in [-0.4, -0.2) is 23.0 Å². The van der Waals surface area contributed by atoms with Gasteiger partial charge in [-0.1, -0.05) is 0 Å². The van der Waals surface area contributed by atoms with E-state index in [-0.39, 0.29) is 23.0 Å². The lowest BCUT2D eigenvalue weighted by atomic mass is 9.79. The summed E-state index contributed by atoms with van der Waals surface area (Å²) >= 11 is 0. The molecule has 3 N–H and O–H groups in total. The summed E-state index contributed by atoms with van der Waals surface area (Å²) in [4.78, 5) is 23.1. The number of carbonyl (C=O) groups is 1. The summed E-state index contributed by atoms with van der Waals surface area (Å²) in [5, 5.41) is 5.41. The smallest absolute Gasteiger partial charge is 0.335 e. The molecule has 5 heteroatoms. The van der Waals surface area contributed by atoms with Gasteiger partial charge in [-0.05, 0) is 33.8 Å². The minimum absolute atomic E-state index is 0.100. The molecule has 0 bridgehead atoms. The number of nitrogens with one attached hydrogen (secondary N) is 1. The summed E-state index contributed by atoms with van der Waals surface area (Å²) in [7, 11) is 0. The Labute approximate surface area is 118 Å². The number of quaternary nitrogens is 1. The van der Waals surface area contributed by atoms with Crippen molar-refractivity contribution in [3.63, 3.8) is 0 Å². The van der Waals surface area contributed by atoms with Crippen molar-refractivity contribution in [3.05, 3.63) is 34.4 Å². The Morgan fingerprint density at radius 3 is 2.35 bits per heavy atom. The molecule has 0 aliphatic carbocycles. The van der Waals surface area contributed by atoms with Gasteiger partial charge in [0.2, 0.25) is 0 Å². The maximum Gasteiger partial charge on any atom is 0.335 e. The Morgan fingerprint density at radius 2 is 1.85 bits per heavy atom. The summed E-state index contributed by atoms with van der Waals surface area (Å²) in [5.74, 6) is -0.188.